The molecule has 0 atom stereocenters. The maximum atomic E-state index is 13.7. The maximum Gasteiger partial charge on any atom is 0.227 e. The molecule has 4 nitrogen and oxygen atoms in total. The number of Topliss-reactive ketones (excluding diaryl/α,β-unsaturated/α-hetero) is 1. The van der Waals surface area contributed by atoms with Gasteiger partial charge in [0.25, 0.3) is 0 Å². The SMILES string of the molecule is O=C1CCN(C(=O)Cc2cn(F)c3ccccc23)CC1. The standard InChI is InChI=1S/C15H15FN2O2/c16-18-10-11(13-3-1-2-4-14(13)18)9-15(20)17-7-5-12(19)6-8-17/h1-4,10H,5-9H2. The van der Waals surface area contributed by atoms with Crippen molar-refractivity contribution in [3.05, 3.63) is 36.0 Å². The van der Waals surface area contributed by atoms with Crippen LogP contribution in [-0.4, -0.2) is 34.5 Å². The summed E-state index contributed by atoms with van der Waals surface area (Å²) in [6.45, 7) is 0.956. The van der Waals surface area contributed by atoms with Crippen molar-refractivity contribution in [2.45, 2.75) is 19.3 Å². The number of para-hydroxylation sites is 1. The van der Waals surface area contributed by atoms with E-state index in [2.05, 4.69) is 0 Å². The van der Waals surface area contributed by atoms with Crippen molar-refractivity contribution in [2.75, 3.05) is 13.1 Å². The lowest BCUT2D eigenvalue weighted by atomic mass is 10.1. The number of ketones is 1. The number of hydrogen-bond donors (Lipinski definition) is 0. The molecule has 1 amide bonds. The van der Waals surface area contributed by atoms with Crippen LogP contribution in [0.15, 0.2) is 30.5 Å². The quantitative estimate of drug-likeness (QED) is 0.841. The molecule has 1 aromatic carbocycles. The first kappa shape index (κ1) is 12.8. The molecule has 2 aromatic rings. The highest BCUT2D eigenvalue weighted by Gasteiger charge is 2.22. The average molecular weight is 274 g/mol. The Bertz CT molecular complexity index is 668. The third kappa shape index (κ3) is 2.31. The number of carbonyl (C=O) groups is 2. The molecule has 3 rings (SSSR count). The van der Waals surface area contributed by atoms with E-state index in [1.54, 1.807) is 17.0 Å². The highest BCUT2D eigenvalue weighted by Crippen LogP contribution is 2.22. The smallest absolute Gasteiger partial charge is 0.227 e. The number of amides is 1. The molecular weight excluding hydrogens is 259 g/mol. The average Bonchev–Trinajstić information content (AvgIpc) is 2.77. The van der Waals surface area contributed by atoms with E-state index in [0.29, 0.717) is 41.8 Å². The molecule has 0 bridgehead atoms. The summed E-state index contributed by atoms with van der Waals surface area (Å²) in [6, 6.07) is 7.09. The van der Waals surface area contributed by atoms with Crippen LogP contribution < -0.4 is 0 Å². The molecule has 1 saturated heterocycles. The van der Waals surface area contributed by atoms with Gasteiger partial charge in [0.2, 0.25) is 5.91 Å². The Kier molecular flexibility index (Phi) is 3.26. The normalized spacial score (nSPS) is 15.8. The fraction of sp³-hybridized carbons (Fsp3) is 0.333. The Labute approximate surface area is 115 Å². The third-order valence-electron chi connectivity index (χ3n) is 3.76. The Morgan fingerprint density at radius 1 is 1.20 bits per heavy atom. The topological polar surface area (TPSA) is 42.3 Å². The molecule has 20 heavy (non-hydrogen) atoms. The van der Waals surface area contributed by atoms with Gasteiger partial charge in [-0.2, -0.15) is 4.79 Å². The van der Waals surface area contributed by atoms with Gasteiger partial charge in [0.15, 0.2) is 0 Å². The van der Waals surface area contributed by atoms with Crippen LogP contribution in [0.2, 0.25) is 0 Å². The van der Waals surface area contributed by atoms with Crippen LogP contribution in [0, 0.1) is 0 Å². The summed E-state index contributed by atoms with van der Waals surface area (Å²) in [5, 5.41) is 0.761. The zero-order chi connectivity index (χ0) is 14.1. The van der Waals surface area contributed by atoms with Gasteiger partial charge in [-0.3, -0.25) is 9.59 Å². The number of nitrogens with zero attached hydrogens (tertiary/aromatic N) is 2. The van der Waals surface area contributed by atoms with Crippen molar-refractivity contribution in [3.8, 4) is 0 Å². The monoisotopic (exact) mass is 274 g/mol. The van der Waals surface area contributed by atoms with Crippen molar-refractivity contribution < 1.29 is 14.1 Å². The molecule has 0 spiro atoms. The highest BCUT2D eigenvalue weighted by molar-refractivity contribution is 5.90. The summed E-state index contributed by atoms with van der Waals surface area (Å²) in [7, 11) is 0. The summed E-state index contributed by atoms with van der Waals surface area (Å²) in [5.41, 5.74) is 1.16. The van der Waals surface area contributed by atoms with Crippen LogP contribution in [0.5, 0.6) is 0 Å². The molecule has 1 aliphatic rings. The molecule has 0 N–H and O–H groups in total. The molecule has 1 aromatic heterocycles. The number of benzene rings is 1. The van der Waals surface area contributed by atoms with Gasteiger partial charge < -0.3 is 4.90 Å². The number of likely N-dealkylation sites (tertiary alicyclic amines) is 1. The second-order valence-electron chi connectivity index (χ2n) is 5.08. The fourth-order valence-corrected chi connectivity index (χ4v) is 2.63. The Hall–Kier alpha value is -2.17. The van der Waals surface area contributed by atoms with E-state index in [9.17, 15) is 14.1 Å². The largest absolute Gasteiger partial charge is 0.342 e. The molecule has 0 saturated carbocycles. The molecule has 1 fully saturated rings. The maximum absolute atomic E-state index is 13.7. The van der Waals surface area contributed by atoms with Gasteiger partial charge in [-0.25, -0.2) is 0 Å². The van der Waals surface area contributed by atoms with Crippen molar-refractivity contribution in [3.63, 3.8) is 0 Å². The van der Waals surface area contributed by atoms with Crippen LogP contribution in [0.25, 0.3) is 10.9 Å². The van der Waals surface area contributed by atoms with E-state index in [0.717, 1.165) is 5.39 Å². The lowest BCUT2D eigenvalue weighted by Crippen LogP contribution is -2.39. The predicted molar refractivity (Wildman–Crippen MR) is 73.0 cm³/mol. The first-order valence-corrected chi connectivity index (χ1v) is 6.70. The van der Waals surface area contributed by atoms with Crippen LogP contribution in [-0.2, 0) is 16.0 Å². The fourth-order valence-electron chi connectivity index (χ4n) is 2.63. The van der Waals surface area contributed by atoms with Gasteiger partial charge in [-0.15, -0.1) is 0 Å². The van der Waals surface area contributed by atoms with E-state index in [1.165, 1.54) is 6.20 Å². The zero-order valence-corrected chi connectivity index (χ0v) is 11.0. The minimum absolute atomic E-state index is 0.0474. The van der Waals surface area contributed by atoms with Gasteiger partial charge in [0.05, 0.1) is 11.9 Å². The van der Waals surface area contributed by atoms with Gasteiger partial charge in [-0.05, 0) is 11.6 Å². The number of hydrogen-bond acceptors (Lipinski definition) is 2. The number of rotatable bonds is 2. The Morgan fingerprint density at radius 3 is 2.65 bits per heavy atom. The summed E-state index contributed by atoms with van der Waals surface area (Å²) >= 11 is 0. The number of piperidine rings is 1. The van der Waals surface area contributed by atoms with Gasteiger partial charge in [0.1, 0.15) is 5.78 Å². The van der Waals surface area contributed by atoms with E-state index >= 15 is 0 Å². The van der Waals surface area contributed by atoms with Gasteiger partial charge in [0, 0.05) is 37.5 Å². The zero-order valence-electron chi connectivity index (χ0n) is 11.0. The van der Waals surface area contributed by atoms with Crippen LogP contribution in [0.4, 0.5) is 4.48 Å². The van der Waals surface area contributed by atoms with Crippen LogP contribution in [0.3, 0.4) is 0 Å². The summed E-state index contributed by atoms with van der Waals surface area (Å²) < 4.78 is 13.7. The van der Waals surface area contributed by atoms with Crippen LogP contribution >= 0.6 is 0 Å². The molecule has 5 heteroatoms. The highest BCUT2D eigenvalue weighted by atomic mass is 19.2. The number of fused-ring (bicyclic) bond motifs is 1. The predicted octanol–water partition coefficient (Wildman–Crippen LogP) is 2.11. The minimum Gasteiger partial charge on any atom is -0.342 e. The molecule has 0 radical (unpaired) electrons. The van der Waals surface area contributed by atoms with Crippen molar-refractivity contribution in [2.24, 2.45) is 0 Å². The lowest BCUT2D eigenvalue weighted by molar-refractivity contribution is -0.133. The van der Waals surface area contributed by atoms with E-state index in [4.69, 9.17) is 0 Å². The van der Waals surface area contributed by atoms with E-state index in [-0.39, 0.29) is 18.1 Å². The summed E-state index contributed by atoms with van der Waals surface area (Å²) in [4.78, 5) is 25.6. The first-order valence-electron chi connectivity index (χ1n) is 6.70. The molecule has 1 aliphatic heterocycles. The van der Waals surface area contributed by atoms with E-state index in [1.807, 2.05) is 12.1 Å². The number of carbonyl (C=O) groups excluding carboxylic acids is 2. The molecule has 2 heterocycles. The van der Waals surface area contributed by atoms with Crippen LogP contribution in [0.1, 0.15) is 18.4 Å². The first-order chi connectivity index (χ1) is 9.65. The molecule has 0 unspecified atom stereocenters. The lowest BCUT2D eigenvalue weighted by Gasteiger charge is -2.26. The third-order valence-corrected chi connectivity index (χ3v) is 3.76. The van der Waals surface area contributed by atoms with E-state index < -0.39 is 0 Å². The molecule has 0 aliphatic carbocycles. The minimum atomic E-state index is -0.0474. The van der Waals surface area contributed by atoms with Crippen molar-refractivity contribution in [1.29, 1.82) is 0 Å². The second-order valence-corrected chi connectivity index (χ2v) is 5.08. The number of halogens is 1. The second kappa shape index (κ2) is 5.07. The Balaban J connectivity index is 1.79. The summed E-state index contributed by atoms with van der Waals surface area (Å²) in [6.07, 6.45) is 2.39. The Morgan fingerprint density at radius 2 is 1.90 bits per heavy atom. The van der Waals surface area contributed by atoms with Crippen molar-refractivity contribution >= 4 is 22.6 Å². The number of aromatic nitrogens is 1. The molecular formula is C15H15FN2O2. The summed E-state index contributed by atoms with van der Waals surface area (Å²) in [5.74, 6) is 0.156. The molecule has 104 valence electrons. The van der Waals surface area contributed by atoms with Gasteiger partial charge >= 0.3 is 0 Å². The van der Waals surface area contributed by atoms with Crippen molar-refractivity contribution in [1.82, 2.24) is 9.69 Å². The van der Waals surface area contributed by atoms with Gasteiger partial charge in [-0.1, -0.05) is 22.7 Å².